The van der Waals surface area contributed by atoms with Crippen LogP contribution in [0.5, 0.6) is 5.75 Å². The van der Waals surface area contributed by atoms with E-state index in [2.05, 4.69) is 10.6 Å². The molecule has 0 aliphatic heterocycles. The molecule has 0 radical (unpaired) electrons. The van der Waals surface area contributed by atoms with Crippen LogP contribution in [-0.2, 0) is 4.79 Å². The van der Waals surface area contributed by atoms with Gasteiger partial charge in [-0.05, 0) is 31.0 Å². The maximum Gasteiger partial charge on any atom is 0.326 e. The summed E-state index contributed by atoms with van der Waals surface area (Å²) in [5.74, 6) is -0.544. The third kappa shape index (κ3) is 4.17. The zero-order valence-corrected chi connectivity index (χ0v) is 11.2. The molecule has 19 heavy (non-hydrogen) atoms. The van der Waals surface area contributed by atoms with Crippen molar-refractivity contribution in [1.29, 1.82) is 0 Å². The lowest BCUT2D eigenvalue weighted by Gasteiger charge is -2.15. The number of aliphatic carboxylic acids is 1. The van der Waals surface area contributed by atoms with Gasteiger partial charge < -0.3 is 20.5 Å². The second-order valence-electron chi connectivity index (χ2n) is 4.10. The van der Waals surface area contributed by atoms with Crippen LogP contribution in [0.1, 0.15) is 18.9 Å². The van der Waals surface area contributed by atoms with E-state index in [-0.39, 0.29) is 0 Å². The van der Waals surface area contributed by atoms with Crippen molar-refractivity contribution in [3.63, 3.8) is 0 Å². The van der Waals surface area contributed by atoms with E-state index < -0.39 is 18.0 Å². The van der Waals surface area contributed by atoms with E-state index in [9.17, 15) is 9.59 Å². The predicted octanol–water partition coefficient (Wildman–Crippen LogP) is 1.99. The van der Waals surface area contributed by atoms with E-state index in [4.69, 9.17) is 9.84 Å². The first-order valence-corrected chi connectivity index (χ1v) is 5.92. The van der Waals surface area contributed by atoms with Gasteiger partial charge in [-0.15, -0.1) is 0 Å². The molecule has 0 aromatic heterocycles. The third-order valence-electron chi connectivity index (χ3n) is 2.61. The number of hydrogen-bond donors (Lipinski definition) is 3. The highest BCUT2D eigenvalue weighted by molar-refractivity contribution is 5.93. The lowest BCUT2D eigenvalue weighted by Crippen LogP contribution is -2.42. The largest absolute Gasteiger partial charge is 0.495 e. The van der Waals surface area contributed by atoms with Crippen LogP contribution in [-0.4, -0.2) is 30.3 Å². The summed E-state index contributed by atoms with van der Waals surface area (Å²) in [6.07, 6.45) is 0.313. The van der Waals surface area contributed by atoms with Crippen LogP contribution in [0.4, 0.5) is 10.5 Å². The van der Waals surface area contributed by atoms with Gasteiger partial charge in [0.05, 0.1) is 12.8 Å². The lowest BCUT2D eigenvalue weighted by molar-refractivity contribution is -0.139. The van der Waals surface area contributed by atoms with E-state index in [1.807, 2.05) is 13.0 Å². The molecule has 2 amide bonds. The van der Waals surface area contributed by atoms with Gasteiger partial charge in [-0.3, -0.25) is 0 Å². The fourth-order valence-electron chi connectivity index (χ4n) is 1.57. The molecule has 0 saturated carbocycles. The lowest BCUT2D eigenvalue weighted by atomic mass is 10.2. The number of urea groups is 1. The SMILES string of the molecule is CC[C@@H](NC(=O)Nc1cc(C)ccc1OC)C(=O)O. The summed E-state index contributed by atoms with van der Waals surface area (Å²) >= 11 is 0. The molecule has 104 valence electrons. The summed E-state index contributed by atoms with van der Waals surface area (Å²) in [6, 6.07) is 3.86. The molecule has 1 rings (SSSR count). The van der Waals surface area contributed by atoms with Gasteiger partial charge in [0.25, 0.3) is 0 Å². The number of methoxy groups -OCH3 is 1. The molecule has 6 nitrogen and oxygen atoms in total. The Morgan fingerprint density at radius 3 is 2.63 bits per heavy atom. The second-order valence-corrected chi connectivity index (χ2v) is 4.10. The number of benzene rings is 1. The van der Waals surface area contributed by atoms with Gasteiger partial charge in [-0.25, -0.2) is 9.59 Å². The number of carboxylic acids is 1. The van der Waals surface area contributed by atoms with Gasteiger partial charge in [0.1, 0.15) is 11.8 Å². The Kier molecular flexibility index (Phi) is 5.17. The highest BCUT2D eigenvalue weighted by atomic mass is 16.5. The molecule has 0 unspecified atom stereocenters. The van der Waals surface area contributed by atoms with Crippen LogP contribution in [0.25, 0.3) is 0 Å². The summed E-state index contributed by atoms with van der Waals surface area (Å²) < 4.78 is 5.12. The van der Waals surface area contributed by atoms with E-state index in [1.165, 1.54) is 7.11 Å². The maximum atomic E-state index is 11.7. The highest BCUT2D eigenvalue weighted by Gasteiger charge is 2.18. The molecule has 6 heteroatoms. The van der Waals surface area contributed by atoms with E-state index in [1.54, 1.807) is 19.1 Å². The Morgan fingerprint density at radius 1 is 1.42 bits per heavy atom. The normalized spacial score (nSPS) is 11.5. The first-order chi connectivity index (χ1) is 8.97. The summed E-state index contributed by atoms with van der Waals surface area (Å²) in [4.78, 5) is 22.6. The summed E-state index contributed by atoms with van der Waals surface area (Å²) in [6.45, 7) is 3.57. The topological polar surface area (TPSA) is 87.7 Å². The van der Waals surface area contributed by atoms with Crippen LogP contribution in [0.3, 0.4) is 0 Å². The summed E-state index contributed by atoms with van der Waals surface area (Å²) in [5, 5.41) is 13.8. The summed E-state index contributed by atoms with van der Waals surface area (Å²) in [5.41, 5.74) is 1.46. The number of carbonyl (C=O) groups is 2. The Balaban J connectivity index is 2.76. The Bertz CT molecular complexity index is 474. The molecular formula is C13H18N2O4. The van der Waals surface area contributed by atoms with Crippen molar-refractivity contribution in [1.82, 2.24) is 5.32 Å². The quantitative estimate of drug-likeness (QED) is 0.760. The van der Waals surface area contributed by atoms with Gasteiger partial charge in [0.15, 0.2) is 0 Å². The molecule has 0 saturated heterocycles. The van der Waals surface area contributed by atoms with Crippen molar-refractivity contribution in [2.45, 2.75) is 26.3 Å². The van der Waals surface area contributed by atoms with Crippen molar-refractivity contribution >= 4 is 17.7 Å². The second kappa shape index (κ2) is 6.63. The number of anilines is 1. The van der Waals surface area contributed by atoms with Crippen LogP contribution in [0.2, 0.25) is 0 Å². The first kappa shape index (κ1) is 14.8. The van der Waals surface area contributed by atoms with Gasteiger partial charge in [0, 0.05) is 0 Å². The predicted molar refractivity (Wildman–Crippen MR) is 71.6 cm³/mol. The molecule has 0 aliphatic carbocycles. The van der Waals surface area contributed by atoms with Crippen molar-refractivity contribution in [2.75, 3.05) is 12.4 Å². The zero-order valence-electron chi connectivity index (χ0n) is 11.2. The molecular weight excluding hydrogens is 248 g/mol. The standard InChI is InChI=1S/C13H18N2O4/c1-4-9(12(16)17)14-13(18)15-10-7-8(2)5-6-11(10)19-3/h5-7,9H,4H2,1-3H3,(H,16,17)(H2,14,15,18)/t9-/m1/s1. The van der Waals surface area contributed by atoms with E-state index >= 15 is 0 Å². The number of carbonyl (C=O) groups excluding carboxylic acids is 1. The highest BCUT2D eigenvalue weighted by Crippen LogP contribution is 2.24. The molecule has 0 bridgehead atoms. The smallest absolute Gasteiger partial charge is 0.326 e. The zero-order chi connectivity index (χ0) is 14.4. The number of ether oxygens (including phenoxy) is 1. The molecule has 3 N–H and O–H groups in total. The van der Waals surface area contributed by atoms with Crippen LogP contribution >= 0.6 is 0 Å². The molecule has 0 spiro atoms. The monoisotopic (exact) mass is 266 g/mol. The minimum Gasteiger partial charge on any atom is -0.495 e. The number of amides is 2. The third-order valence-corrected chi connectivity index (χ3v) is 2.61. The van der Waals surface area contributed by atoms with E-state index in [0.29, 0.717) is 17.9 Å². The molecule has 0 heterocycles. The minimum absolute atomic E-state index is 0.313. The Hall–Kier alpha value is -2.24. The number of rotatable bonds is 5. The molecule has 1 atom stereocenters. The number of nitrogens with one attached hydrogen (secondary N) is 2. The average Bonchev–Trinajstić information content (AvgIpc) is 2.35. The van der Waals surface area contributed by atoms with Crippen LogP contribution < -0.4 is 15.4 Å². The fourth-order valence-corrected chi connectivity index (χ4v) is 1.57. The van der Waals surface area contributed by atoms with Crippen molar-refractivity contribution in [3.8, 4) is 5.75 Å². The van der Waals surface area contributed by atoms with Gasteiger partial charge >= 0.3 is 12.0 Å². The van der Waals surface area contributed by atoms with Gasteiger partial charge in [0.2, 0.25) is 0 Å². The maximum absolute atomic E-state index is 11.7. The average molecular weight is 266 g/mol. The van der Waals surface area contributed by atoms with Crippen molar-refractivity contribution in [3.05, 3.63) is 23.8 Å². The van der Waals surface area contributed by atoms with Crippen molar-refractivity contribution < 1.29 is 19.4 Å². The van der Waals surface area contributed by atoms with E-state index in [0.717, 1.165) is 5.56 Å². The van der Waals surface area contributed by atoms with Crippen LogP contribution in [0.15, 0.2) is 18.2 Å². The number of aryl methyl sites for hydroxylation is 1. The number of hydrogen-bond acceptors (Lipinski definition) is 3. The fraction of sp³-hybridized carbons (Fsp3) is 0.385. The summed E-state index contributed by atoms with van der Waals surface area (Å²) in [7, 11) is 1.50. The Morgan fingerprint density at radius 2 is 2.11 bits per heavy atom. The number of carboxylic acid groups (broad SMARTS) is 1. The minimum atomic E-state index is -1.06. The van der Waals surface area contributed by atoms with Gasteiger partial charge in [-0.2, -0.15) is 0 Å². The molecule has 0 fully saturated rings. The van der Waals surface area contributed by atoms with Crippen LogP contribution in [0, 0.1) is 6.92 Å². The molecule has 0 aliphatic rings. The van der Waals surface area contributed by atoms with Crippen molar-refractivity contribution in [2.24, 2.45) is 0 Å². The van der Waals surface area contributed by atoms with Gasteiger partial charge in [-0.1, -0.05) is 13.0 Å². The molecule has 1 aromatic rings. The molecule has 1 aromatic carbocycles. The first-order valence-electron chi connectivity index (χ1n) is 5.92. The Labute approximate surface area is 111 Å².